The Balaban J connectivity index is 0.000000413. The molecule has 0 aromatic carbocycles. The molecule has 20 heteroatoms. The number of carboxylic acids is 3. The van der Waals surface area contributed by atoms with Crippen LogP contribution in [-0.4, -0.2) is 106 Å². The van der Waals surface area contributed by atoms with Crippen molar-refractivity contribution in [2.45, 2.75) is 38.1 Å². The minimum absolute atomic E-state index is 0.364. The largest absolute Gasteiger partial charge is 0.490 e. The van der Waals surface area contributed by atoms with Crippen LogP contribution >= 0.6 is 0 Å². The summed E-state index contributed by atoms with van der Waals surface area (Å²) in [5, 5.41) is 21.4. The van der Waals surface area contributed by atoms with Crippen molar-refractivity contribution in [3.05, 3.63) is 54.2 Å². The highest BCUT2D eigenvalue weighted by Crippen LogP contribution is 2.44. The van der Waals surface area contributed by atoms with Crippen LogP contribution in [0, 0.1) is 11.3 Å². The lowest BCUT2D eigenvalue weighted by Crippen LogP contribution is -2.36. The van der Waals surface area contributed by atoms with E-state index < -0.39 is 36.4 Å². The van der Waals surface area contributed by atoms with Gasteiger partial charge in [-0.2, -0.15) is 39.5 Å². The number of hydrogen-bond acceptors (Lipinski definition) is 8. The first-order valence-electron chi connectivity index (χ1n) is 12.9. The quantitative estimate of drug-likeness (QED) is 0.368. The molecule has 2 atom stereocenters. The first-order valence-corrected chi connectivity index (χ1v) is 12.9. The second-order valence-corrected chi connectivity index (χ2v) is 10.1. The fraction of sp³-hybridized carbons (Fsp3) is 0.538. The van der Waals surface area contributed by atoms with Crippen LogP contribution in [0.4, 0.5) is 39.5 Å². The number of alkyl halides is 9. The molecule has 4 rings (SSSR count). The van der Waals surface area contributed by atoms with Gasteiger partial charge in [-0.05, 0) is 38.2 Å². The molecule has 2 fully saturated rings. The molecule has 0 amide bonds. The van der Waals surface area contributed by atoms with Crippen molar-refractivity contribution in [2.75, 3.05) is 39.8 Å². The zero-order chi connectivity index (χ0) is 35.3. The first-order chi connectivity index (χ1) is 21.1. The zero-order valence-corrected chi connectivity index (χ0v) is 23.9. The van der Waals surface area contributed by atoms with Gasteiger partial charge in [-0.25, -0.2) is 14.4 Å². The molecular formula is C26H30F9N3O8. The molecule has 0 bridgehead atoms. The van der Waals surface area contributed by atoms with E-state index in [1.807, 2.05) is 30.7 Å². The highest BCUT2D eigenvalue weighted by molar-refractivity contribution is 5.73. The molecule has 2 aromatic heterocycles. The molecule has 2 aliphatic heterocycles. The fourth-order valence-corrected chi connectivity index (χ4v) is 4.54. The fourth-order valence-electron chi connectivity index (χ4n) is 4.54. The Morgan fingerprint density at radius 3 is 1.91 bits per heavy atom. The van der Waals surface area contributed by atoms with E-state index >= 15 is 0 Å². The van der Waals surface area contributed by atoms with E-state index in [0.717, 1.165) is 38.5 Å². The maximum Gasteiger partial charge on any atom is 0.490 e. The minimum atomic E-state index is -5.08. The highest BCUT2D eigenvalue weighted by Gasteiger charge is 2.49. The molecule has 0 aliphatic carbocycles. The zero-order valence-electron chi connectivity index (χ0n) is 23.9. The van der Waals surface area contributed by atoms with Gasteiger partial charge in [0.15, 0.2) is 0 Å². The Bertz CT molecular complexity index is 1170. The van der Waals surface area contributed by atoms with Crippen molar-refractivity contribution in [3.8, 4) is 0 Å². The summed E-state index contributed by atoms with van der Waals surface area (Å²) < 4.78 is 106. The number of likely N-dealkylation sites (tertiary alicyclic amines) is 2. The number of aliphatic carboxylic acids is 3. The van der Waals surface area contributed by atoms with Crippen molar-refractivity contribution >= 4 is 17.9 Å². The van der Waals surface area contributed by atoms with Crippen LogP contribution in [0.2, 0.25) is 0 Å². The molecule has 2 aliphatic rings. The highest BCUT2D eigenvalue weighted by atomic mass is 19.4. The molecule has 0 unspecified atom stereocenters. The van der Waals surface area contributed by atoms with Crippen LogP contribution in [0.5, 0.6) is 0 Å². The monoisotopic (exact) mass is 683 g/mol. The average molecular weight is 684 g/mol. The molecule has 4 heterocycles. The lowest BCUT2D eigenvalue weighted by Gasteiger charge is -2.30. The topological polar surface area (TPSA) is 154 Å². The lowest BCUT2D eigenvalue weighted by atomic mass is 9.77. The van der Waals surface area contributed by atoms with Crippen molar-refractivity contribution in [2.24, 2.45) is 11.3 Å². The Morgan fingerprint density at radius 2 is 1.48 bits per heavy atom. The summed E-state index contributed by atoms with van der Waals surface area (Å²) in [6.45, 7) is 7.03. The number of carbonyl (C=O) groups is 3. The summed E-state index contributed by atoms with van der Waals surface area (Å²) in [5.74, 6) is -7.68. The molecule has 11 nitrogen and oxygen atoms in total. The van der Waals surface area contributed by atoms with Crippen molar-refractivity contribution in [3.63, 3.8) is 0 Å². The van der Waals surface area contributed by atoms with E-state index in [0.29, 0.717) is 17.9 Å². The Kier molecular flexibility index (Phi) is 14.9. The number of furan rings is 1. The van der Waals surface area contributed by atoms with Gasteiger partial charge in [0.2, 0.25) is 0 Å². The van der Waals surface area contributed by atoms with Crippen LogP contribution in [0.15, 0.2) is 47.4 Å². The molecule has 1 spiro atoms. The van der Waals surface area contributed by atoms with E-state index in [1.54, 1.807) is 6.26 Å². The second kappa shape index (κ2) is 17.1. The Morgan fingerprint density at radius 1 is 0.935 bits per heavy atom. The summed E-state index contributed by atoms with van der Waals surface area (Å²) in [4.78, 5) is 36.1. The van der Waals surface area contributed by atoms with Crippen LogP contribution in [0.3, 0.4) is 0 Å². The second-order valence-electron chi connectivity index (χ2n) is 10.1. The number of nitrogens with zero attached hydrogens (tertiary/aromatic N) is 3. The number of pyridine rings is 1. The number of aromatic nitrogens is 1. The van der Waals surface area contributed by atoms with Crippen molar-refractivity contribution in [1.29, 1.82) is 0 Å². The van der Waals surface area contributed by atoms with E-state index in [2.05, 4.69) is 27.9 Å². The summed E-state index contributed by atoms with van der Waals surface area (Å²) in [7, 11) is 2.24. The van der Waals surface area contributed by atoms with E-state index in [-0.39, 0.29) is 0 Å². The third-order valence-corrected chi connectivity index (χ3v) is 6.46. The molecule has 0 radical (unpaired) electrons. The van der Waals surface area contributed by atoms with Gasteiger partial charge in [0, 0.05) is 49.3 Å². The minimum Gasteiger partial charge on any atom is -0.475 e. The number of halogens is 9. The maximum absolute atomic E-state index is 10.6. The number of ether oxygens (including phenoxy) is 1. The van der Waals surface area contributed by atoms with Crippen LogP contribution in [0.1, 0.15) is 17.7 Å². The van der Waals surface area contributed by atoms with E-state index in [9.17, 15) is 39.5 Å². The lowest BCUT2D eigenvalue weighted by molar-refractivity contribution is -0.193. The van der Waals surface area contributed by atoms with E-state index in [4.69, 9.17) is 38.9 Å². The number of carboxylic acid groups (broad SMARTS) is 3. The maximum atomic E-state index is 10.6. The molecular weight excluding hydrogens is 653 g/mol. The standard InChI is InChI=1S/C20H27N3O2.3C2HF3O2/c1-22-11-18(13-25-14-19-4-2-3-7-21-19)20(15-22)6-8-23(16-20)10-17-5-9-24-12-17;3*3-2(4,5)1(6)7/h2-5,7,9,12,18H,6,8,10-11,13-16H2,1H3;3*(H,6,7)/t18-,20+;;;/m0.../s1. The Hall–Kier alpha value is -3.91. The van der Waals surface area contributed by atoms with Crippen molar-refractivity contribution in [1.82, 2.24) is 14.8 Å². The Labute approximate surface area is 255 Å². The normalized spacial score (nSPS) is 20.1. The van der Waals surface area contributed by atoms with Gasteiger partial charge in [-0.1, -0.05) is 6.07 Å². The first kappa shape index (κ1) is 40.1. The van der Waals surface area contributed by atoms with Crippen LogP contribution < -0.4 is 0 Å². The predicted octanol–water partition coefficient (Wildman–Crippen LogP) is 4.55. The third kappa shape index (κ3) is 14.5. The van der Waals surface area contributed by atoms with Gasteiger partial charge in [-0.3, -0.25) is 9.88 Å². The molecule has 3 N–H and O–H groups in total. The van der Waals surface area contributed by atoms with Gasteiger partial charge in [-0.15, -0.1) is 0 Å². The molecule has 260 valence electrons. The number of hydrogen-bond donors (Lipinski definition) is 3. The molecule has 2 aromatic rings. The van der Waals surface area contributed by atoms with Gasteiger partial charge in [0.1, 0.15) is 0 Å². The van der Waals surface area contributed by atoms with Gasteiger partial charge in [0.05, 0.1) is 31.4 Å². The van der Waals surface area contributed by atoms with Gasteiger partial charge in [0.25, 0.3) is 0 Å². The summed E-state index contributed by atoms with van der Waals surface area (Å²) in [6, 6.07) is 8.05. The SMILES string of the molecule is CN1C[C@@H](COCc2ccccn2)[C@]2(CCN(Cc3ccoc3)C2)C1.O=C(O)C(F)(F)F.O=C(O)C(F)(F)F.O=C(O)C(F)(F)F. The summed E-state index contributed by atoms with van der Waals surface area (Å²) in [5.41, 5.74) is 2.64. The number of rotatable bonds is 6. The third-order valence-electron chi connectivity index (χ3n) is 6.46. The van der Waals surface area contributed by atoms with Gasteiger partial charge < -0.3 is 29.4 Å². The van der Waals surface area contributed by atoms with Crippen LogP contribution in [-0.2, 0) is 32.3 Å². The summed E-state index contributed by atoms with van der Waals surface area (Å²) >= 11 is 0. The molecule has 46 heavy (non-hydrogen) atoms. The predicted molar refractivity (Wildman–Crippen MR) is 137 cm³/mol. The molecule has 2 saturated heterocycles. The van der Waals surface area contributed by atoms with Gasteiger partial charge >= 0.3 is 36.4 Å². The van der Waals surface area contributed by atoms with E-state index in [1.165, 1.54) is 18.5 Å². The van der Waals surface area contributed by atoms with Crippen LogP contribution in [0.25, 0.3) is 0 Å². The molecule has 0 saturated carbocycles. The average Bonchev–Trinajstić information content (AvgIpc) is 3.65. The van der Waals surface area contributed by atoms with Crippen molar-refractivity contribution < 1.29 is 78.4 Å². The smallest absolute Gasteiger partial charge is 0.475 e. The summed E-state index contributed by atoms with van der Waals surface area (Å²) in [6.07, 6.45) is -8.54.